The van der Waals surface area contributed by atoms with Crippen molar-refractivity contribution in [3.05, 3.63) is 40.8 Å². The molecule has 2 heterocycles. The molecule has 0 aliphatic rings. The van der Waals surface area contributed by atoms with E-state index < -0.39 is 0 Å². The molecule has 2 aromatic rings. The Kier molecular flexibility index (Phi) is 4.45. The fourth-order valence-corrected chi connectivity index (χ4v) is 2.01. The number of hydrogen-bond acceptors (Lipinski definition) is 3. The predicted octanol–water partition coefficient (Wildman–Crippen LogP) is 3.33. The maximum atomic E-state index is 5.94. The smallest absolute Gasteiger partial charge is 0.153 e. The molecule has 0 aliphatic carbocycles. The fraction of sp³-hybridized carbons (Fsp3) is 0.467. The predicted molar refractivity (Wildman–Crippen MR) is 82.4 cm³/mol. The molecule has 0 radical (unpaired) electrons. The van der Waals surface area contributed by atoms with Crippen molar-refractivity contribution in [2.24, 2.45) is 0 Å². The lowest BCUT2D eigenvalue weighted by Gasteiger charge is -2.20. The van der Waals surface area contributed by atoms with Crippen LogP contribution in [0, 0.1) is 0 Å². The summed E-state index contributed by atoms with van der Waals surface area (Å²) in [6, 6.07) is 4.19. The van der Waals surface area contributed by atoms with Gasteiger partial charge in [-0.15, -0.1) is 0 Å². The normalized spacial score (nSPS) is 11.8. The molecule has 0 fully saturated rings. The van der Waals surface area contributed by atoms with Crippen LogP contribution >= 0.6 is 11.6 Å². The van der Waals surface area contributed by atoms with E-state index in [4.69, 9.17) is 16.6 Å². The molecule has 0 amide bonds. The van der Waals surface area contributed by atoms with Crippen LogP contribution < -0.4 is 5.32 Å². The average Bonchev–Trinajstić information content (AvgIpc) is 2.82. The summed E-state index contributed by atoms with van der Waals surface area (Å²) in [6.45, 7) is 10.3. The summed E-state index contributed by atoms with van der Waals surface area (Å²) >= 11 is 5.94. The fourth-order valence-electron chi connectivity index (χ4n) is 1.87. The second kappa shape index (κ2) is 5.94. The molecule has 0 saturated carbocycles. The Morgan fingerprint density at radius 2 is 2.05 bits per heavy atom. The van der Waals surface area contributed by atoms with Gasteiger partial charge in [0, 0.05) is 17.7 Å². The first-order chi connectivity index (χ1) is 9.40. The van der Waals surface area contributed by atoms with Crippen molar-refractivity contribution >= 4 is 11.6 Å². The Hall–Kier alpha value is -1.39. The third kappa shape index (κ3) is 3.58. The minimum atomic E-state index is -0.00603. The molecule has 2 rings (SSSR count). The van der Waals surface area contributed by atoms with Crippen molar-refractivity contribution in [2.45, 2.75) is 39.7 Å². The average molecular weight is 293 g/mol. The minimum Gasteiger partial charge on any atom is -0.313 e. The Morgan fingerprint density at radius 1 is 1.30 bits per heavy atom. The Balaban J connectivity index is 2.45. The van der Waals surface area contributed by atoms with E-state index in [0.29, 0.717) is 5.02 Å². The molecule has 4 nitrogen and oxygen atoms in total. The monoisotopic (exact) mass is 292 g/mol. The van der Waals surface area contributed by atoms with Crippen molar-refractivity contribution in [3.63, 3.8) is 0 Å². The first kappa shape index (κ1) is 15.0. The molecule has 0 unspecified atom stereocenters. The molecular formula is C15H21ClN4. The largest absolute Gasteiger partial charge is 0.313 e. The summed E-state index contributed by atoms with van der Waals surface area (Å²) in [4.78, 5) is 4.71. The summed E-state index contributed by atoms with van der Waals surface area (Å²) in [5.74, 6) is 0.803. The lowest BCUT2D eigenvalue weighted by Crippen LogP contribution is -2.18. The van der Waals surface area contributed by atoms with Crippen molar-refractivity contribution in [3.8, 4) is 5.82 Å². The van der Waals surface area contributed by atoms with Gasteiger partial charge in [0.05, 0.1) is 17.4 Å². The van der Waals surface area contributed by atoms with E-state index in [2.05, 4.69) is 44.2 Å². The highest BCUT2D eigenvalue weighted by Crippen LogP contribution is 2.23. The van der Waals surface area contributed by atoms with Crippen LogP contribution in [0.3, 0.4) is 0 Å². The van der Waals surface area contributed by atoms with Crippen molar-refractivity contribution in [2.75, 3.05) is 6.54 Å². The molecule has 5 heteroatoms. The van der Waals surface area contributed by atoms with E-state index >= 15 is 0 Å². The van der Waals surface area contributed by atoms with Crippen LogP contribution in [0.4, 0.5) is 0 Å². The summed E-state index contributed by atoms with van der Waals surface area (Å²) in [5, 5.41) is 8.19. The van der Waals surface area contributed by atoms with Gasteiger partial charge in [-0.05, 0) is 24.2 Å². The highest BCUT2D eigenvalue weighted by Gasteiger charge is 2.18. The highest BCUT2D eigenvalue weighted by molar-refractivity contribution is 6.30. The van der Waals surface area contributed by atoms with Crippen molar-refractivity contribution < 1.29 is 0 Å². The first-order valence-electron chi connectivity index (χ1n) is 6.83. The van der Waals surface area contributed by atoms with Crippen LogP contribution in [0.2, 0.25) is 5.02 Å². The van der Waals surface area contributed by atoms with Gasteiger partial charge in [0.15, 0.2) is 5.82 Å². The third-order valence-corrected chi connectivity index (χ3v) is 3.20. The van der Waals surface area contributed by atoms with Gasteiger partial charge in [0.1, 0.15) is 0 Å². The van der Waals surface area contributed by atoms with Crippen LogP contribution in [0.15, 0.2) is 24.5 Å². The van der Waals surface area contributed by atoms with Gasteiger partial charge in [0.2, 0.25) is 0 Å². The lowest BCUT2D eigenvalue weighted by atomic mass is 9.90. The van der Waals surface area contributed by atoms with Crippen LogP contribution in [0.25, 0.3) is 5.82 Å². The van der Waals surface area contributed by atoms with Gasteiger partial charge < -0.3 is 5.32 Å². The van der Waals surface area contributed by atoms with Gasteiger partial charge in [-0.3, -0.25) is 0 Å². The Labute approximate surface area is 125 Å². The van der Waals surface area contributed by atoms with Gasteiger partial charge in [-0.25, -0.2) is 9.67 Å². The number of nitrogens with one attached hydrogen (secondary N) is 1. The topological polar surface area (TPSA) is 42.7 Å². The Bertz CT molecular complexity index is 584. The SMILES string of the molecule is CCNCc1cc(-n2cc(Cl)cn2)nc(C(C)(C)C)c1. The molecule has 20 heavy (non-hydrogen) atoms. The molecule has 0 aromatic carbocycles. The quantitative estimate of drug-likeness (QED) is 0.940. The van der Waals surface area contributed by atoms with Crippen LogP contribution in [-0.4, -0.2) is 21.3 Å². The number of aromatic nitrogens is 3. The summed E-state index contributed by atoms with van der Waals surface area (Å²) in [5.41, 5.74) is 2.25. The summed E-state index contributed by atoms with van der Waals surface area (Å²) in [6.07, 6.45) is 3.39. The van der Waals surface area contributed by atoms with E-state index in [9.17, 15) is 0 Å². The molecule has 0 atom stereocenters. The zero-order chi connectivity index (χ0) is 14.8. The van der Waals surface area contributed by atoms with Crippen molar-refractivity contribution in [1.82, 2.24) is 20.1 Å². The van der Waals surface area contributed by atoms with Gasteiger partial charge in [-0.1, -0.05) is 39.3 Å². The van der Waals surface area contributed by atoms with Crippen LogP contribution in [0.1, 0.15) is 39.0 Å². The molecule has 0 spiro atoms. The molecule has 0 aliphatic heterocycles. The second-order valence-electron chi connectivity index (χ2n) is 5.85. The maximum Gasteiger partial charge on any atom is 0.153 e. The van der Waals surface area contributed by atoms with Gasteiger partial charge in [0.25, 0.3) is 0 Å². The first-order valence-corrected chi connectivity index (χ1v) is 7.20. The van der Waals surface area contributed by atoms with Crippen LogP contribution in [-0.2, 0) is 12.0 Å². The molecule has 108 valence electrons. The van der Waals surface area contributed by atoms with E-state index in [1.54, 1.807) is 17.1 Å². The summed E-state index contributed by atoms with van der Waals surface area (Å²) < 4.78 is 1.72. The van der Waals surface area contributed by atoms with E-state index in [1.807, 2.05) is 6.07 Å². The van der Waals surface area contributed by atoms with E-state index in [0.717, 1.165) is 24.6 Å². The van der Waals surface area contributed by atoms with E-state index in [-0.39, 0.29) is 5.41 Å². The highest BCUT2D eigenvalue weighted by atomic mass is 35.5. The molecule has 0 saturated heterocycles. The second-order valence-corrected chi connectivity index (χ2v) is 6.29. The van der Waals surface area contributed by atoms with Gasteiger partial charge in [-0.2, -0.15) is 5.10 Å². The zero-order valence-corrected chi connectivity index (χ0v) is 13.2. The molecule has 1 N–H and O–H groups in total. The number of halogens is 1. The summed E-state index contributed by atoms with van der Waals surface area (Å²) in [7, 11) is 0. The number of pyridine rings is 1. The maximum absolute atomic E-state index is 5.94. The molecule has 2 aromatic heterocycles. The van der Waals surface area contributed by atoms with Crippen molar-refractivity contribution in [1.29, 1.82) is 0 Å². The molecular weight excluding hydrogens is 272 g/mol. The minimum absolute atomic E-state index is 0.00603. The lowest BCUT2D eigenvalue weighted by molar-refractivity contribution is 0.563. The standard InChI is InChI=1S/C15H21ClN4/c1-5-17-8-11-6-13(15(2,3)4)19-14(7-11)20-10-12(16)9-18-20/h6-7,9-10,17H,5,8H2,1-4H3. The number of nitrogens with zero attached hydrogens (tertiary/aromatic N) is 3. The van der Waals surface area contributed by atoms with E-state index in [1.165, 1.54) is 5.56 Å². The number of hydrogen-bond donors (Lipinski definition) is 1. The zero-order valence-electron chi connectivity index (χ0n) is 12.4. The Morgan fingerprint density at radius 3 is 2.60 bits per heavy atom. The van der Waals surface area contributed by atoms with Crippen LogP contribution in [0.5, 0.6) is 0 Å². The van der Waals surface area contributed by atoms with Gasteiger partial charge >= 0.3 is 0 Å². The number of rotatable bonds is 4. The third-order valence-electron chi connectivity index (χ3n) is 3.00. The molecule has 0 bridgehead atoms.